The first-order valence-electron chi connectivity index (χ1n) is 7.35. The van der Waals surface area contributed by atoms with Crippen LogP contribution in [0.25, 0.3) is 6.08 Å². The molecule has 120 valence electrons. The number of hydrogen-bond acceptors (Lipinski definition) is 3. The molecule has 0 saturated heterocycles. The zero-order valence-corrected chi connectivity index (χ0v) is 14.6. The Kier molecular flexibility index (Phi) is 4.63. The van der Waals surface area contributed by atoms with Crippen LogP contribution in [0.2, 0.25) is 0 Å². The quantitative estimate of drug-likeness (QED) is 0.865. The van der Waals surface area contributed by atoms with Crippen LogP contribution in [-0.2, 0) is 17.2 Å². The number of nitrogens with one attached hydrogen (secondary N) is 2. The second kappa shape index (κ2) is 6.68. The van der Waals surface area contributed by atoms with E-state index in [4.69, 9.17) is 0 Å². The van der Waals surface area contributed by atoms with Gasteiger partial charge < -0.3 is 5.32 Å². The van der Waals surface area contributed by atoms with E-state index in [1.807, 2.05) is 37.3 Å². The molecule has 2 aromatic rings. The third-order valence-electron chi connectivity index (χ3n) is 3.66. The first-order valence-corrected chi connectivity index (χ1v) is 9.72. The van der Waals surface area contributed by atoms with Gasteiger partial charge in [-0.25, -0.2) is 4.79 Å². The molecule has 1 aromatic carbocycles. The van der Waals surface area contributed by atoms with E-state index < -0.39 is 10.8 Å². The normalized spacial score (nSPS) is 14.2. The zero-order valence-electron chi connectivity index (χ0n) is 13.0. The van der Waals surface area contributed by atoms with Gasteiger partial charge in [-0.15, -0.1) is 11.3 Å². The van der Waals surface area contributed by atoms with E-state index in [0.717, 1.165) is 44.4 Å². The second-order valence-corrected chi connectivity index (χ2v) is 8.05. The number of carbonyl (C=O) groups is 1. The highest BCUT2D eigenvalue weighted by Crippen LogP contribution is 2.39. The topological polar surface area (TPSA) is 58.2 Å². The van der Waals surface area contributed by atoms with Crippen molar-refractivity contribution in [3.05, 3.63) is 47.0 Å². The summed E-state index contributed by atoms with van der Waals surface area (Å²) >= 11 is 1.40. The summed E-state index contributed by atoms with van der Waals surface area (Å²) in [5, 5.41) is 6.53. The molecule has 0 radical (unpaired) electrons. The number of urea groups is 1. The Morgan fingerprint density at radius 2 is 1.96 bits per heavy atom. The maximum atomic E-state index is 12.2. The number of thiophene rings is 1. The van der Waals surface area contributed by atoms with Gasteiger partial charge >= 0.3 is 6.03 Å². The molecule has 4 nitrogen and oxygen atoms in total. The molecule has 23 heavy (non-hydrogen) atoms. The number of benzene rings is 1. The Hall–Kier alpha value is -1.92. The predicted molar refractivity (Wildman–Crippen MR) is 97.8 cm³/mol. The monoisotopic (exact) mass is 346 g/mol. The average Bonchev–Trinajstić information content (AvgIpc) is 2.89. The van der Waals surface area contributed by atoms with Gasteiger partial charge in [0.05, 0.1) is 10.8 Å². The largest absolute Gasteiger partial charge is 0.324 e. The first kappa shape index (κ1) is 16.0. The lowest BCUT2D eigenvalue weighted by Crippen LogP contribution is -2.19. The van der Waals surface area contributed by atoms with Crippen molar-refractivity contribution in [1.29, 1.82) is 0 Å². The summed E-state index contributed by atoms with van der Waals surface area (Å²) in [7, 11) is -1.06. The van der Waals surface area contributed by atoms with E-state index in [9.17, 15) is 9.00 Å². The van der Waals surface area contributed by atoms with Gasteiger partial charge in [0.1, 0.15) is 9.21 Å². The number of carbonyl (C=O) groups excluding carboxylic acids is 1. The molecule has 1 aromatic heterocycles. The van der Waals surface area contributed by atoms with E-state index in [-0.39, 0.29) is 6.03 Å². The Bertz CT molecular complexity index is 792. The van der Waals surface area contributed by atoms with E-state index in [1.165, 1.54) is 11.3 Å². The number of aryl methyl sites for hydroxylation is 1. The van der Waals surface area contributed by atoms with Crippen LogP contribution < -0.4 is 10.6 Å². The van der Waals surface area contributed by atoms with Gasteiger partial charge in [0, 0.05) is 17.5 Å². The molecule has 0 aliphatic heterocycles. The molecule has 1 heterocycles. The van der Waals surface area contributed by atoms with Crippen LogP contribution >= 0.6 is 11.3 Å². The smallest absolute Gasteiger partial charge is 0.308 e. The fraction of sp³-hybridized carbons (Fsp3) is 0.235. The van der Waals surface area contributed by atoms with Crippen molar-refractivity contribution in [2.24, 2.45) is 0 Å². The van der Waals surface area contributed by atoms with Crippen molar-refractivity contribution in [3.63, 3.8) is 0 Å². The van der Waals surface area contributed by atoms with Crippen LogP contribution in [0.4, 0.5) is 15.5 Å². The van der Waals surface area contributed by atoms with E-state index >= 15 is 0 Å². The summed E-state index contributed by atoms with van der Waals surface area (Å²) in [6.45, 7) is 2.00. The number of anilines is 2. The molecule has 1 aliphatic rings. The van der Waals surface area contributed by atoms with Crippen LogP contribution in [0.1, 0.15) is 23.1 Å². The summed E-state index contributed by atoms with van der Waals surface area (Å²) < 4.78 is 12.7. The lowest BCUT2D eigenvalue weighted by molar-refractivity contribution is 0.262. The Morgan fingerprint density at radius 1 is 1.22 bits per heavy atom. The predicted octanol–water partition coefficient (Wildman–Crippen LogP) is 4.40. The molecule has 6 heteroatoms. The molecule has 2 amide bonds. The lowest BCUT2D eigenvalue weighted by atomic mass is 10.0. The van der Waals surface area contributed by atoms with Gasteiger partial charge in [0.2, 0.25) is 0 Å². The molecule has 3 rings (SSSR count). The summed E-state index contributed by atoms with van der Waals surface area (Å²) in [5.74, 6) is 0. The van der Waals surface area contributed by atoms with Gasteiger partial charge in [-0.1, -0.05) is 29.8 Å². The van der Waals surface area contributed by atoms with Crippen molar-refractivity contribution < 1.29 is 9.00 Å². The molecule has 2 N–H and O–H groups in total. The molecular formula is C17H18N2O2S2. The summed E-state index contributed by atoms with van der Waals surface area (Å²) in [4.78, 5) is 12.2. The minimum Gasteiger partial charge on any atom is -0.308 e. The summed E-state index contributed by atoms with van der Waals surface area (Å²) in [6.07, 6.45) is 7.56. The number of hydrogen-bond donors (Lipinski definition) is 2. The highest BCUT2D eigenvalue weighted by molar-refractivity contribution is 7.86. The van der Waals surface area contributed by atoms with Gasteiger partial charge in [-0.3, -0.25) is 9.53 Å². The number of fused-ring (bicyclic) bond motifs is 1. The molecule has 1 atom stereocenters. The number of amides is 2. The average molecular weight is 346 g/mol. The third kappa shape index (κ3) is 3.54. The maximum Gasteiger partial charge on any atom is 0.324 e. The first-order chi connectivity index (χ1) is 11.0. The van der Waals surface area contributed by atoms with Gasteiger partial charge in [-0.05, 0) is 37.5 Å². The Labute approximate surface area is 142 Å². The molecule has 0 fully saturated rings. The highest BCUT2D eigenvalue weighted by atomic mass is 32.2. The van der Waals surface area contributed by atoms with Crippen LogP contribution in [0.15, 0.2) is 34.6 Å². The maximum absolute atomic E-state index is 12.2. The molecular weight excluding hydrogens is 328 g/mol. The van der Waals surface area contributed by atoms with Gasteiger partial charge in [0.15, 0.2) is 0 Å². The van der Waals surface area contributed by atoms with Crippen LogP contribution in [-0.4, -0.2) is 16.5 Å². The Morgan fingerprint density at radius 3 is 2.65 bits per heavy atom. The van der Waals surface area contributed by atoms with Crippen molar-refractivity contribution in [3.8, 4) is 0 Å². The van der Waals surface area contributed by atoms with Crippen molar-refractivity contribution in [2.45, 2.75) is 24.0 Å². The Balaban J connectivity index is 1.80. The summed E-state index contributed by atoms with van der Waals surface area (Å²) in [5.41, 5.74) is 3.98. The minimum atomic E-state index is -1.06. The van der Waals surface area contributed by atoms with E-state index in [2.05, 4.69) is 16.7 Å². The number of allylic oxidation sites excluding steroid dienone is 1. The third-order valence-corrected chi connectivity index (χ3v) is 6.31. The fourth-order valence-corrected chi connectivity index (χ4v) is 4.70. The standard InChI is InChI=1S/C17H18N2O2S2/c1-11-7-9-12(10-8-11)18-17(20)19-15-13-5-3-4-6-14(13)16(22-15)23(2)21/h4,6-10H,3,5H2,1-2H3,(H2,18,19,20). The molecule has 0 spiro atoms. The summed E-state index contributed by atoms with van der Waals surface area (Å²) in [6, 6.07) is 7.36. The van der Waals surface area contributed by atoms with E-state index in [0.29, 0.717) is 0 Å². The minimum absolute atomic E-state index is 0.277. The van der Waals surface area contributed by atoms with Crippen LogP contribution in [0.3, 0.4) is 0 Å². The van der Waals surface area contributed by atoms with Crippen LogP contribution in [0, 0.1) is 6.92 Å². The second-order valence-electron chi connectivity index (χ2n) is 5.45. The number of rotatable bonds is 3. The van der Waals surface area contributed by atoms with Crippen LogP contribution in [0.5, 0.6) is 0 Å². The van der Waals surface area contributed by atoms with E-state index in [1.54, 1.807) is 6.26 Å². The highest BCUT2D eigenvalue weighted by Gasteiger charge is 2.21. The van der Waals surface area contributed by atoms with Gasteiger partial charge in [0.25, 0.3) is 0 Å². The van der Waals surface area contributed by atoms with Crippen molar-refractivity contribution in [1.82, 2.24) is 0 Å². The van der Waals surface area contributed by atoms with Gasteiger partial charge in [-0.2, -0.15) is 0 Å². The van der Waals surface area contributed by atoms with Crippen molar-refractivity contribution >= 4 is 44.9 Å². The molecule has 0 bridgehead atoms. The zero-order chi connectivity index (χ0) is 16.4. The SMILES string of the molecule is Cc1ccc(NC(=O)Nc2sc(S(C)=O)c3c2CCC=C3)cc1. The van der Waals surface area contributed by atoms with Crippen molar-refractivity contribution in [2.75, 3.05) is 16.9 Å². The lowest BCUT2D eigenvalue weighted by Gasteiger charge is -2.10. The molecule has 1 unspecified atom stereocenters. The molecule has 0 saturated carbocycles. The molecule has 1 aliphatic carbocycles. The fourth-order valence-electron chi connectivity index (χ4n) is 2.52.